The van der Waals surface area contributed by atoms with Crippen molar-refractivity contribution in [2.45, 2.75) is 11.8 Å². The monoisotopic (exact) mass is 456 g/mol. The molecule has 0 saturated carbocycles. The van der Waals surface area contributed by atoms with Crippen LogP contribution in [-0.2, 0) is 10.0 Å². The Bertz CT molecular complexity index is 1340. The topological polar surface area (TPSA) is 121 Å². The first kappa shape index (κ1) is 17.1. The second kappa shape index (κ2) is 5.86. The van der Waals surface area contributed by atoms with Gasteiger partial charge in [0.05, 0.1) is 16.7 Å². The molecule has 2 heterocycles. The molecule has 0 atom stereocenters. The van der Waals surface area contributed by atoms with E-state index in [1.54, 1.807) is 18.2 Å². The standard InChI is InChI=1S/C15H10BrClN4O4S/c1-6-8-3-2-7(4-10(8)20-19-6)21-26(23,24)14-9(16)5-11-13(12(14)17)25-15(22)18-11/h2-5,21H,1H3,(H,18,22)(H,19,20). The zero-order chi connectivity index (χ0) is 18.6. The highest BCUT2D eigenvalue weighted by Crippen LogP contribution is 2.36. The molecule has 11 heteroatoms. The van der Waals surface area contributed by atoms with Crippen molar-refractivity contribution in [3.8, 4) is 0 Å². The quantitative estimate of drug-likeness (QED) is 0.434. The molecule has 0 unspecified atom stereocenters. The minimum absolute atomic E-state index is 0.0291. The van der Waals surface area contributed by atoms with Gasteiger partial charge in [0.15, 0.2) is 5.58 Å². The summed E-state index contributed by atoms with van der Waals surface area (Å²) in [6, 6.07) is 6.41. The number of H-pyrrole nitrogens is 2. The van der Waals surface area contributed by atoms with E-state index in [0.29, 0.717) is 16.7 Å². The SMILES string of the molecule is Cc1[nH]nc2cc(NS(=O)(=O)c3c(Br)cc4[nH]c(=O)oc4c3Cl)ccc12. The third-order valence-corrected chi connectivity index (χ3v) is 6.66. The van der Waals surface area contributed by atoms with Crippen LogP contribution < -0.4 is 10.5 Å². The number of sulfonamides is 1. The highest BCUT2D eigenvalue weighted by atomic mass is 79.9. The summed E-state index contributed by atoms with van der Waals surface area (Å²) in [7, 11) is -4.06. The van der Waals surface area contributed by atoms with Gasteiger partial charge in [-0.15, -0.1) is 0 Å². The van der Waals surface area contributed by atoms with E-state index in [4.69, 9.17) is 16.0 Å². The molecule has 0 bridgehead atoms. The number of rotatable bonds is 3. The zero-order valence-electron chi connectivity index (χ0n) is 13.1. The number of aromatic nitrogens is 3. The number of halogens is 2. The smallest absolute Gasteiger partial charge is 0.406 e. The largest absolute Gasteiger partial charge is 0.417 e. The first-order valence-electron chi connectivity index (χ1n) is 7.24. The van der Waals surface area contributed by atoms with Gasteiger partial charge >= 0.3 is 5.76 Å². The van der Waals surface area contributed by atoms with Crippen LogP contribution in [0.25, 0.3) is 22.0 Å². The van der Waals surface area contributed by atoms with Crippen molar-refractivity contribution in [2.24, 2.45) is 0 Å². The number of anilines is 1. The summed E-state index contributed by atoms with van der Waals surface area (Å²) < 4.78 is 33.3. The fraction of sp³-hybridized carbons (Fsp3) is 0.0667. The van der Waals surface area contributed by atoms with E-state index in [-0.39, 0.29) is 20.0 Å². The molecule has 0 amide bonds. The summed E-state index contributed by atoms with van der Waals surface area (Å²) in [4.78, 5) is 13.6. The number of nitrogens with one attached hydrogen (secondary N) is 3. The van der Waals surface area contributed by atoms with Crippen molar-refractivity contribution in [3.05, 3.63) is 50.0 Å². The number of fused-ring (bicyclic) bond motifs is 2. The van der Waals surface area contributed by atoms with Gasteiger partial charge in [0, 0.05) is 15.6 Å². The van der Waals surface area contributed by atoms with Gasteiger partial charge < -0.3 is 4.42 Å². The Morgan fingerprint density at radius 2 is 2.08 bits per heavy atom. The summed E-state index contributed by atoms with van der Waals surface area (Å²) in [6.45, 7) is 1.87. The van der Waals surface area contributed by atoms with E-state index in [2.05, 4.69) is 35.8 Å². The summed E-state index contributed by atoms with van der Waals surface area (Å²) in [5.74, 6) is -0.726. The molecule has 134 valence electrons. The first-order chi connectivity index (χ1) is 12.3. The molecule has 0 aliphatic heterocycles. The highest BCUT2D eigenvalue weighted by molar-refractivity contribution is 9.10. The predicted molar refractivity (Wildman–Crippen MR) is 101 cm³/mol. The highest BCUT2D eigenvalue weighted by Gasteiger charge is 2.26. The van der Waals surface area contributed by atoms with E-state index in [1.165, 1.54) is 6.07 Å². The van der Waals surface area contributed by atoms with Crippen LogP contribution in [0.2, 0.25) is 5.02 Å². The molecule has 0 aliphatic carbocycles. The fourth-order valence-corrected chi connectivity index (χ4v) is 5.58. The number of benzene rings is 2. The minimum atomic E-state index is -4.06. The van der Waals surface area contributed by atoms with Gasteiger partial charge in [0.1, 0.15) is 9.92 Å². The van der Waals surface area contributed by atoms with Crippen molar-refractivity contribution < 1.29 is 12.8 Å². The van der Waals surface area contributed by atoms with Crippen molar-refractivity contribution >= 4 is 65.2 Å². The van der Waals surface area contributed by atoms with Gasteiger partial charge in [-0.1, -0.05) is 11.6 Å². The van der Waals surface area contributed by atoms with Crippen molar-refractivity contribution in [3.63, 3.8) is 0 Å². The van der Waals surface area contributed by atoms with Crippen molar-refractivity contribution in [1.82, 2.24) is 15.2 Å². The van der Waals surface area contributed by atoms with E-state index in [1.807, 2.05) is 6.92 Å². The molecule has 8 nitrogen and oxygen atoms in total. The van der Waals surface area contributed by atoms with E-state index < -0.39 is 15.8 Å². The average molecular weight is 458 g/mol. The lowest BCUT2D eigenvalue weighted by Crippen LogP contribution is -2.14. The molecule has 2 aromatic carbocycles. The first-order valence-corrected chi connectivity index (χ1v) is 9.90. The van der Waals surface area contributed by atoms with Gasteiger partial charge in [-0.05, 0) is 47.1 Å². The van der Waals surface area contributed by atoms with Crippen LogP contribution in [0.15, 0.2) is 42.8 Å². The molecule has 2 aromatic heterocycles. The maximum Gasteiger partial charge on any atom is 0.417 e. The van der Waals surface area contributed by atoms with E-state index in [0.717, 1.165) is 11.1 Å². The molecule has 26 heavy (non-hydrogen) atoms. The second-order valence-electron chi connectivity index (χ2n) is 5.58. The Morgan fingerprint density at radius 1 is 1.31 bits per heavy atom. The maximum absolute atomic E-state index is 12.9. The van der Waals surface area contributed by atoms with Crippen LogP contribution in [-0.4, -0.2) is 23.6 Å². The van der Waals surface area contributed by atoms with Gasteiger partial charge in [-0.25, -0.2) is 13.2 Å². The van der Waals surface area contributed by atoms with Crippen LogP contribution in [0.3, 0.4) is 0 Å². The Hall–Kier alpha value is -2.30. The number of nitrogens with zero attached hydrogens (tertiary/aromatic N) is 1. The molecule has 0 aliphatic rings. The van der Waals surface area contributed by atoms with Gasteiger partial charge in [-0.3, -0.25) is 14.8 Å². The van der Waals surface area contributed by atoms with Crippen LogP contribution in [0.5, 0.6) is 0 Å². The lowest BCUT2D eigenvalue weighted by molar-refractivity contribution is 0.554. The van der Waals surface area contributed by atoms with E-state index in [9.17, 15) is 13.2 Å². The van der Waals surface area contributed by atoms with Gasteiger partial charge in [-0.2, -0.15) is 5.10 Å². The third-order valence-electron chi connectivity index (χ3n) is 3.83. The maximum atomic E-state index is 12.9. The Labute approximate surface area is 159 Å². The number of hydrogen-bond donors (Lipinski definition) is 3. The molecule has 3 N–H and O–H groups in total. The summed E-state index contributed by atoms with van der Waals surface area (Å²) in [5, 5.41) is 7.64. The molecule has 4 aromatic rings. The fourth-order valence-electron chi connectivity index (χ4n) is 2.67. The summed E-state index contributed by atoms with van der Waals surface area (Å²) in [5.41, 5.74) is 2.09. The van der Waals surface area contributed by atoms with Gasteiger partial charge in [0.2, 0.25) is 0 Å². The van der Waals surface area contributed by atoms with Gasteiger partial charge in [0.25, 0.3) is 10.0 Å². The summed E-state index contributed by atoms with van der Waals surface area (Å²) in [6.07, 6.45) is 0. The minimum Gasteiger partial charge on any atom is -0.406 e. The molecule has 0 radical (unpaired) electrons. The molecular formula is C15H10BrClN4O4S. The summed E-state index contributed by atoms with van der Waals surface area (Å²) >= 11 is 9.38. The number of hydrogen-bond acceptors (Lipinski definition) is 5. The van der Waals surface area contributed by atoms with Crippen LogP contribution in [0.4, 0.5) is 5.69 Å². The van der Waals surface area contributed by atoms with Crippen LogP contribution in [0, 0.1) is 6.92 Å². The average Bonchev–Trinajstić information content (AvgIpc) is 3.09. The van der Waals surface area contributed by atoms with Crippen molar-refractivity contribution in [1.29, 1.82) is 0 Å². The number of aromatic amines is 2. The zero-order valence-corrected chi connectivity index (χ0v) is 16.2. The van der Waals surface area contributed by atoms with E-state index >= 15 is 0 Å². The lowest BCUT2D eigenvalue weighted by Gasteiger charge is -2.11. The number of aryl methyl sites for hydroxylation is 1. The molecule has 0 spiro atoms. The molecule has 0 fully saturated rings. The molecule has 4 rings (SSSR count). The Kier molecular flexibility index (Phi) is 3.86. The van der Waals surface area contributed by atoms with Crippen LogP contribution >= 0.6 is 27.5 Å². The lowest BCUT2D eigenvalue weighted by atomic mass is 10.2. The van der Waals surface area contributed by atoms with Crippen LogP contribution in [0.1, 0.15) is 5.69 Å². The Morgan fingerprint density at radius 3 is 2.85 bits per heavy atom. The molecular weight excluding hydrogens is 448 g/mol. The molecule has 0 saturated heterocycles. The normalized spacial score (nSPS) is 12.1. The van der Waals surface area contributed by atoms with Crippen molar-refractivity contribution in [2.75, 3.05) is 4.72 Å². The second-order valence-corrected chi connectivity index (χ2v) is 8.43. The predicted octanol–water partition coefficient (Wildman–Crippen LogP) is 3.52. The third kappa shape index (κ3) is 2.70. The Balaban J connectivity index is 1.82. The number of oxazole rings is 1.